The number of halogens is 1. The fourth-order valence-electron chi connectivity index (χ4n) is 2.77. The Labute approximate surface area is 144 Å². The lowest BCUT2D eigenvalue weighted by Crippen LogP contribution is -2.35. The summed E-state index contributed by atoms with van der Waals surface area (Å²) in [5, 5.41) is 11.1. The standard InChI is InChI=1S/C17H19BrN4O/c1-12-4-3-9-22(11-12)16-8-7-15(20-21-16)17(23)19-14-6-2-5-13(18)10-14/h2,5-8,10,12H,3-4,9,11H2,1H3,(H,19,23). The van der Waals surface area contributed by atoms with E-state index >= 15 is 0 Å². The van der Waals surface area contributed by atoms with E-state index in [-0.39, 0.29) is 5.91 Å². The van der Waals surface area contributed by atoms with Crippen LogP contribution in [-0.4, -0.2) is 29.2 Å². The molecule has 2 aromatic rings. The minimum absolute atomic E-state index is 0.255. The number of nitrogens with one attached hydrogen (secondary N) is 1. The molecule has 1 aromatic heterocycles. The van der Waals surface area contributed by atoms with Gasteiger partial charge >= 0.3 is 0 Å². The van der Waals surface area contributed by atoms with Crippen molar-refractivity contribution in [1.82, 2.24) is 10.2 Å². The van der Waals surface area contributed by atoms with E-state index < -0.39 is 0 Å². The maximum atomic E-state index is 12.2. The molecule has 1 aromatic carbocycles. The molecule has 1 aliphatic rings. The van der Waals surface area contributed by atoms with Gasteiger partial charge in [0.1, 0.15) is 0 Å². The van der Waals surface area contributed by atoms with Crippen LogP contribution in [0.25, 0.3) is 0 Å². The monoisotopic (exact) mass is 374 g/mol. The minimum atomic E-state index is -0.255. The van der Waals surface area contributed by atoms with E-state index in [1.54, 1.807) is 6.07 Å². The molecule has 120 valence electrons. The molecule has 1 atom stereocenters. The number of hydrogen-bond acceptors (Lipinski definition) is 4. The topological polar surface area (TPSA) is 58.1 Å². The first kappa shape index (κ1) is 15.9. The molecule has 1 unspecified atom stereocenters. The van der Waals surface area contributed by atoms with Gasteiger partial charge < -0.3 is 10.2 Å². The predicted molar refractivity (Wildman–Crippen MR) is 94.7 cm³/mol. The van der Waals surface area contributed by atoms with Crippen molar-refractivity contribution in [3.63, 3.8) is 0 Å². The van der Waals surface area contributed by atoms with Crippen molar-refractivity contribution in [3.8, 4) is 0 Å². The molecular weight excluding hydrogens is 356 g/mol. The van der Waals surface area contributed by atoms with Gasteiger partial charge in [0.05, 0.1) is 0 Å². The van der Waals surface area contributed by atoms with Gasteiger partial charge in [0.2, 0.25) is 0 Å². The Kier molecular flexibility index (Phi) is 4.91. The van der Waals surface area contributed by atoms with E-state index in [4.69, 9.17) is 0 Å². The molecule has 1 saturated heterocycles. The number of piperidine rings is 1. The second-order valence-electron chi connectivity index (χ2n) is 5.93. The van der Waals surface area contributed by atoms with Crippen molar-refractivity contribution in [2.24, 2.45) is 5.92 Å². The van der Waals surface area contributed by atoms with Crippen LogP contribution in [0.1, 0.15) is 30.3 Å². The number of nitrogens with zero attached hydrogens (tertiary/aromatic N) is 3. The third-order valence-corrected chi connectivity index (χ3v) is 4.44. The molecule has 1 fully saturated rings. The average molecular weight is 375 g/mol. The summed E-state index contributed by atoms with van der Waals surface area (Å²) >= 11 is 3.38. The van der Waals surface area contributed by atoms with Gasteiger partial charge in [0.15, 0.2) is 11.5 Å². The van der Waals surface area contributed by atoms with E-state index in [0.29, 0.717) is 11.6 Å². The smallest absolute Gasteiger partial charge is 0.276 e. The molecule has 0 radical (unpaired) electrons. The zero-order valence-electron chi connectivity index (χ0n) is 13.0. The molecule has 6 heteroatoms. The summed E-state index contributed by atoms with van der Waals surface area (Å²) in [5.74, 6) is 1.26. The SMILES string of the molecule is CC1CCCN(c2ccc(C(=O)Nc3cccc(Br)c3)nn2)C1. The zero-order chi connectivity index (χ0) is 16.2. The Morgan fingerprint density at radius 2 is 2.17 bits per heavy atom. The Hall–Kier alpha value is -1.95. The van der Waals surface area contributed by atoms with Gasteiger partial charge in [-0.1, -0.05) is 28.9 Å². The Bertz CT molecular complexity index is 689. The van der Waals surface area contributed by atoms with E-state index in [0.717, 1.165) is 29.1 Å². The number of rotatable bonds is 3. The van der Waals surface area contributed by atoms with Crippen molar-refractivity contribution >= 4 is 33.3 Å². The first-order valence-electron chi connectivity index (χ1n) is 7.77. The highest BCUT2D eigenvalue weighted by molar-refractivity contribution is 9.10. The quantitative estimate of drug-likeness (QED) is 0.888. The summed E-state index contributed by atoms with van der Waals surface area (Å²) in [6.45, 7) is 4.25. The van der Waals surface area contributed by atoms with Crippen LogP contribution in [0.5, 0.6) is 0 Å². The Morgan fingerprint density at radius 1 is 1.30 bits per heavy atom. The number of anilines is 2. The van der Waals surface area contributed by atoms with Crippen molar-refractivity contribution in [1.29, 1.82) is 0 Å². The Balaban J connectivity index is 1.68. The van der Waals surface area contributed by atoms with Crippen molar-refractivity contribution in [2.75, 3.05) is 23.3 Å². The van der Waals surface area contributed by atoms with Gasteiger partial charge in [0.25, 0.3) is 5.91 Å². The van der Waals surface area contributed by atoms with Crippen LogP contribution in [-0.2, 0) is 0 Å². The summed E-state index contributed by atoms with van der Waals surface area (Å²) < 4.78 is 0.913. The fraction of sp³-hybridized carbons (Fsp3) is 0.353. The second kappa shape index (κ2) is 7.08. The van der Waals surface area contributed by atoms with Crippen molar-refractivity contribution < 1.29 is 4.79 Å². The number of benzene rings is 1. The van der Waals surface area contributed by atoms with Crippen molar-refractivity contribution in [3.05, 3.63) is 46.6 Å². The molecule has 2 heterocycles. The van der Waals surface area contributed by atoms with Crippen LogP contribution >= 0.6 is 15.9 Å². The molecule has 0 aliphatic carbocycles. The van der Waals surface area contributed by atoms with E-state index in [1.165, 1.54) is 12.8 Å². The van der Waals surface area contributed by atoms with Crippen LogP contribution in [0, 0.1) is 5.92 Å². The molecule has 5 nitrogen and oxygen atoms in total. The highest BCUT2D eigenvalue weighted by Crippen LogP contribution is 2.21. The lowest BCUT2D eigenvalue weighted by atomic mass is 10.0. The fourth-order valence-corrected chi connectivity index (χ4v) is 3.17. The third kappa shape index (κ3) is 4.07. The van der Waals surface area contributed by atoms with Crippen LogP contribution in [0.15, 0.2) is 40.9 Å². The molecule has 3 rings (SSSR count). The molecule has 23 heavy (non-hydrogen) atoms. The average Bonchev–Trinajstić information content (AvgIpc) is 2.55. The molecule has 1 aliphatic heterocycles. The molecule has 0 spiro atoms. The summed E-state index contributed by atoms with van der Waals surface area (Å²) in [4.78, 5) is 14.5. The van der Waals surface area contributed by atoms with Crippen LogP contribution in [0.2, 0.25) is 0 Å². The van der Waals surface area contributed by atoms with Gasteiger partial charge in [0, 0.05) is 23.2 Å². The van der Waals surface area contributed by atoms with Crippen molar-refractivity contribution in [2.45, 2.75) is 19.8 Å². The molecule has 1 amide bonds. The van der Waals surface area contributed by atoms with Gasteiger partial charge in [-0.2, -0.15) is 0 Å². The first-order chi connectivity index (χ1) is 11.1. The largest absolute Gasteiger partial charge is 0.355 e. The summed E-state index contributed by atoms with van der Waals surface area (Å²) in [6, 6.07) is 11.1. The maximum Gasteiger partial charge on any atom is 0.276 e. The van der Waals surface area contributed by atoms with Gasteiger partial charge in [-0.05, 0) is 49.1 Å². The number of carbonyl (C=O) groups is 1. The maximum absolute atomic E-state index is 12.2. The van der Waals surface area contributed by atoms with E-state index in [2.05, 4.69) is 43.3 Å². The summed E-state index contributed by atoms with van der Waals surface area (Å²) in [7, 11) is 0. The lowest BCUT2D eigenvalue weighted by molar-refractivity contribution is 0.102. The minimum Gasteiger partial charge on any atom is -0.355 e. The predicted octanol–water partition coefficient (Wildman–Crippen LogP) is 3.73. The molecule has 1 N–H and O–H groups in total. The van der Waals surface area contributed by atoms with Crippen LogP contribution in [0.3, 0.4) is 0 Å². The lowest BCUT2D eigenvalue weighted by Gasteiger charge is -2.31. The molecule has 0 bridgehead atoms. The third-order valence-electron chi connectivity index (χ3n) is 3.95. The van der Waals surface area contributed by atoms with Crippen LogP contribution < -0.4 is 10.2 Å². The molecule has 0 saturated carbocycles. The second-order valence-corrected chi connectivity index (χ2v) is 6.85. The van der Waals surface area contributed by atoms with Gasteiger partial charge in [-0.25, -0.2) is 0 Å². The van der Waals surface area contributed by atoms with Gasteiger partial charge in [-0.3, -0.25) is 4.79 Å². The number of carbonyl (C=O) groups excluding carboxylic acids is 1. The number of aromatic nitrogens is 2. The Morgan fingerprint density at radius 3 is 2.87 bits per heavy atom. The normalized spacial score (nSPS) is 17.8. The summed E-state index contributed by atoms with van der Waals surface area (Å²) in [6.07, 6.45) is 2.44. The highest BCUT2D eigenvalue weighted by Gasteiger charge is 2.18. The first-order valence-corrected chi connectivity index (χ1v) is 8.57. The summed E-state index contributed by atoms with van der Waals surface area (Å²) in [5.41, 5.74) is 1.04. The zero-order valence-corrected chi connectivity index (χ0v) is 14.6. The van der Waals surface area contributed by atoms with Gasteiger partial charge in [-0.15, -0.1) is 10.2 Å². The molecular formula is C17H19BrN4O. The van der Waals surface area contributed by atoms with E-state index in [9.17, 15) is 4.79 Å². The van der Waals surface area contributed by atoms with Crippen LogP contribution in [0.4, 0.5) is 11.5 Å². The number of hydrogen-bond donors (Lipinski definition) is 1. The highest BCUT2D eigenvalue weighted by atomic mass is 79.9. The number of amides is 1. The van der Waals surface area contributed by atoms with E-state index in [1.807, 2.05) is 30.3 Å².